The molecular weight excluding hydrogens is 472 g/mol. The van der Waals surface area contributed by atoms with Gasteiger partial charge in [-0.1, -0.05) is 29.8 Å². The molecule has 0 amide bonds. The number of carbonyl (C=O) groups excluding carboxylic acids is 2. The minimum atomic E-state index is -2.90. The number of hydrogen-bond donors (Lipinski definition) is 0. The van der Waals surface area contributed by atoms with E-state index >= 15 is 0 Å². The van der Waals surface area contributed by atoms with Crippen molar-refractivity contribution >= 4 is 44.8 Å². The van der Waals surface area contributed by atoms with Gasteiger partial charge in [-0.05, 0) is 50.2 Å². The third-order valence-electron chi connectivity index (χ3n) is 5.11. The molecule has 0 bridgehead atoms. The molecule has 0 aliphatic rings. The molecular formula is C24H18ClF2NO4S. The predicted octanol–water partition coefficient (Wildman–Crippen LogP) is 6.60. The fraction of sp³-hybridized carbons (Fsp3) is 0.167. The van der Waals surface area contributed by atoms with E-state index in [1.807, 2.05) is 35.8 Å². The Kier molecular flexibility index (Phi) is 6.49. The van der Waals surface area contributed by atoms with Crippen LogP contribution in [0.4, 0.5) is 8.78 Å². The number of ether oxygens (including phenoxy) is 2. The fourth-order valence-corrected chi connectivity index (χ4v) is 5.04. The van der Waals surface area contributed by atoms with Gasteiger partial charge in [-0.15, -0.1) is 11.3 Å². The Morgan fingerprint density at radius 2 is 1.79 bits per heavy atom. The summed E-state index contributed by atoms with van der Waals surface area (Å²) < 4.78 is 37.0. The normalized spacial score (nSPS) is 11.2. The van der Waals surface area contributed by atoms with E-state index in [1.54, 1.807) is 25.1 Å². The quantitative estimate of drug-likeness (QED) is 0.217. The van der Waals surface area contributed by atoms with E-state index in [2.05, 4.69) is 4.74 Å². The number of halogens is 3. The van der Waals surface area contributed by atoms with Gasteiger partial charge >= 0.3 is 12.6 Å². The van der Waals surface area contributed by atoms with Crippen LogP contribution < -0.4 is 4.74 Å². The van der Waals surface area contributed by atoms with Crippen molar-refractivity contribution in [2.45, 2.75) is 20.5 Å². The monoisotopic (exact) mass is 489 g/mol. The largest absolute Gasteiger partial charge is 0.453 e. The van der Waals surface area contributed by atoms with Crippen molar-refractivity contribution in [1.82, 2.24) is 4.57 Å². The molecule has 0 saturated carbocycles. The number of aromatic nitrogens is 1. The molecule has 33 heavy (non-hydrogen) atoms. The zero-order valence-corrected chi connectivity index (χ0v) is 19.2. The summed E-state index contributed by atoms with van der Waals surface area (Å²) in [5, 5.41) is 1.07. The number of alkyl halides is 2. The van der Waals surface area contributed by atoms with Crippen molar-refractivity contribution < 1.29 is 27.8 Å². The number of rotatable bonds is 7. The van der Waals surface area contributed by atoms with Gasteiger partial charge in [0, 0.05) is 32.7 Å². The van der Waals surface area contributed by atoms with Gasteiger partial charge in [0.15, 0.2) is 6.61 Å². The number of Topliss-reactive ketones (excluding diaryl/α,β-unsaturated/α-hetero) is 1. The Balaban J connectivity index is 1.50. The summed E-state index contributed by atoms with van der Waals surface area (Å²) in [6, 6.07) is 15.1. The van der Waals surface area contributed by atoms with E-state index in [0.29, 0.717) is 22.0 Å². The molecule has 0 radical (unpaired) electrons. The van der Waals surface area contributed by atoms with Gasteiger partial charge in [-0.3, -0.25) is 4.79 Å². The average molecular weight is 490 g/mol. The summed E-state index contributed by atoms with van der Waals surface area (Å²) in [6.07, 6.45) is 0. The summed E-state index contributed by atoms with van der Waals surface area (Å²) in [5.41, 5.74) is 2.48. The standard InChI is InChI=1S/C24H18ClF2NO4S/c1-13-11-18(14(2)28(13)15-7-9-16(10-8-15)32-24(26)27)19(29)12-31-23(30)22-21(25)17-5-3-4-6-20(17)33-22/h3-11,24H,12H2,1-2H3. The highest BCUT2D eigenvalue weighted by atomic mass is 35.5. The van der Waals surface area contributed by atoms with E-state index in [1.165, 1.54) is 23.5 Å². The lowest BCUT2D eigenvalue weighted by atomic mass is 10.1. The van der Waals surface area contributed by atoms with Crippen LogP contribution in [0.15, 0.2) is 54.6 Å². The molecule has 0 aliphatic heterocycles. The lowest BCUT2D eigenvalue weighted by Crippen LogP contribution is -2.14. The molecule has 0 fully saturated rings. The highest BCUT2D eigenvalue weighted by Gasteiger charge is 2.22. The van der Waals surface area contributed by atoms with Crippen LogP contribution in [0.5, 0.6) is 5.75 Å². The van der Waals surface area contributed by atoms with E-state index in [0.717, 1.165) is 15.8 Å². The summed E-state index contributed by atoms with van der Waals surface area (Å²) >= 11 is 7.52. The van der Waals surface area contributed by atoms with Crippen LogP contribution in [0.2, 0.25) is 5.02 Å². The van der Waals surface area contributed by atoms with Crippen LogP contribution in [0, 0.1) is 13.8 Å². The maximum absolute atomic E-state index is 12.8. The van der Waals surface area contributed by atoms with E-state index in [-0.39, 0.29) is 16.4 Å². The van der Waals surface area contributed by atoms with Crippen molar-refractivity contribution in [3.8, 4) is 11.4 Å². The number of fused-ring (bicyclic) bond motifs is 1. The van der Waals surface area contributed by atoms with Gasteiger partial charge < -0.3 is 14.0 Å². The fourth-order valence-electron chi connectivity index (χ4n) is 3.64. The lowest BCUT2D eigenvalue weighted by Gasteiger charge is -2.11. The number of hydrogen-bond acceptors (Lipinski definition) is 5. The van der Waals surface area contributed by atoms with E-state index in [9.17, 15) is 18.4 Å². The van der Waals surface area contributed by atoms with E-state index in [4.69, 9.17) is 16.3 Å². The minimum absolute atomic E-state index is 0.0410. The van der Waals surface area contributed by atoms with Gasteiger partial charge in [0.2, 0.25) is 5.78 Å². The van der Waals surface area contributed by atoms with Crippen LogP contribution >= 0.6 is 22.9 Å². The molecule has 4 aromatic rings. The summed E-state index contributed by atoms with van der Waals surface area (Å²) in [4.78, 5) is 25.6. The molecule has 0 aliphatic carbocycles. The number of aryl methyl sites for hydroxylation is 1. The lowest BCUT2D eigenvalue weighted by molar-refractivity contribution is -0.0498. The Bertz CT molecular complexity index is 1340. The SMILES string of the molecule is Cc1cc(C(=O)COC(=O)c2sc3ccccc3c2Cl)c(C)n1-c1ccc(OC(F)F)cc1. The van der Waals surface area contributed by atoms with Crippen molar-refractivity contribution in [3.63, 3.8) is 0 Å². The second-order valence-electron chi connectivity index (χ2n) is 7.23. The van der Waals surface area contributed by atoms with Crippen LogP contribution in [0.1, 0.15) is 31.4 Å². The molecule has 0 spiro atoms. The van der Waals surface area contributed by atoms with Crippen LogP contribution in [0.3, 0.4) is 0 Å². The highest BCUT2D eigenvalue weighted by molar-refractivity contribution is 7.21. The first-order chi connectivity index (χ1) is 15.8. The van der Waals surface area contributed by atoms with Crippen molar-refractivity contribution in [1.29, 1.82) is 0 Å². The van der Waals surface area contributed by atoms with Crippen molar-refractivity contribution in [2.75, 3.05) is 6.61 Å². The summed E-state index contributed by atoms with van der Waals surface area (Å²) in [5.74, 6) is -0.977. The van der Waals surface area contributed by atoms with Crippen LogP contribution in [-0.2, 0) is 4.74 Å². The first-order valence-corrected chi connectivity index (χ1v) is 11.1. The summed E-state index contributed by atoms with van der Waals surface area (Å²) in [6.45, 7) is 0.236. The van der Waals surface area contributed by atoms with Gasteiger partial charge in [0.25, 0.3) is 0 Å². The minimum Gasteiger partial charge on any atom is -0.453 e. The molecule has 4 rings (SSSR count). The first-order valence-electron chi connectivity index (χ1n) is 9.87. The van der Waals surface area contributed by atoms with Crippen molar-refractivity contribution in [3.05, 3.63) is 81.4 Å². The van der Waals surface area contributed by atoms with Gasteiger partial charge in [-0.25, -0.2) is 4.79 Å². The Morgan fingerprint density at radius 1 is 1.09 bits per heavy atom. The van der Waals surface area contributed by atoms with Gasteiger partial charge in [0.1, 0.15) is 10.6 Å². The zero-order valence-electron chi connectivity index (χ0n) is 17.6. The Labute approximate surface area is 197 Å². The number of ketones is 1. The molecule has 2 heterocycles. The number of nitrogens with zero attached hydrogens (tertiary/aromatic N) is 1. The first kappa shape index (κ1) is 22.9. The van der Waals surface area contributed by atoms with Gasteiger partial charge in [-0.2, -0.15) is 8.78 Å². The number of thiophene rings is 1. The maximum atomic E-state index is 12.8. The molecule has 2 aromatic heterocycles. The highest BCUT2D eigenvalue weighted by Crippen LogP contribution is 2.35. The number of carbonyl (C=O) groups is 2. The Morgan fingerprint density at radius 3 is 2.45 bits per heavy atom. The predicted molar refractivity (Wildman–Crippen MR) is 123 cm³/mol. The molecule has 0 unspecified atom stereocenters. The molecule has 9 heteroatoms. The smallest absolute Gasteiger partial charge is 0.387 e. The maximum Gasteiger partial charge on any atom is 0.387 e. The molecule has 170 valence electrons. The number of benzene rings is 2. The second-order valence-corrected chi connectivity index (χ2v) is 8.66. The van der Waals surface area contributed by atoms with Crippen LogP contribution in [-0.4, -0.2) is 29.5 Å². The topological polar surface area (TPSA) is 57.5 Å². The molecule has 0 atom stereocenters. The molecule has 0 saturated heterocycles. The zero-order chi connectivity index (χ0) is 23.7. The summed E-state index contributed by atoms with van der Waals surface area (Å²) in [7, 11) is 0. The average Bonchev–Trinajstić information content (AvgIpc) is 3.28. The van der Waals surface area contributed by atoms with Crippen LogP contribution in [0.25, 0.3) is 15.8 Å². The molecule has 5 nitrogen and oxygen atoms in total. The van der Waals surface area contributed by atoms with Gasteiger partial charge in [0.05, 0.1) is 5.02 Å². The molecule has 0 N–H and O–H groups in total. The number of esters is 1. The Hall–Kier alpha value is -3.23. The molecule has 2 aromatic carbocycles. The third kappa shape index (κ3) is 4.62. The third-order valence-corrected chi connectivity index (χ3v) is 6.76. The van der Waals surface area contributed by atoms with Crippen molar-refractivity contribution in [2.24, 2.45) is 0 Å². The van der Waals surface area contributed by atoms with E-state index < -0.39 is 19.2 Å². The second kappa shape index (κ2) is 9.33.